The molecule has 6 heteroatoms. The highest BCUT2D eigenvalue weighted by molar-refractivity contribution is 9.10. The number of nitrogens with one attached hydrogen (secondary N) is 1. The molecule has 0 aliphatic rings. The lowest BCUT2D eigenvalue weighted by Crippen LogP contribution is -2.33. The Morgan fingerprint density at radius 3 is 2.94 bits per heavy atom. The van der Waals surface area contributed by atoms with Gasteiger partial charge in [0.2, 0.25) is 0 Å². The highest BCUT2D eigenvalue weighted by Crippen LogP contribution is 2.18. The van der Waals surface area contributed by atoms with Crippen LogP contribution in [0.3, 0.4) is 0 Å². The van der Waals surface area contributed by atoms with E-state index in [0.29, 0.717) is 23.1 Å². The Bertz CT molecular complexity index is 517. The van der Waals surface area contributed by atoms with Gasteiger partial charge in [-0.05, 0) is 29.3 Å². The average molecular weight is 314 g/mol. The number of rotatable bonds is 5. The first-order valence-corrected chi connectivity index (χ1v) is 6.36. The zero-order valence-corrected chi connectivity index (χ0v) is 12.0. The fourth-order valence-corrected chi connectivity index (χ4v) is 1.65. The Kier molecular flexibility index (Phi) is 4.93. The van der Waals surface area contributed by atoms with Crippen molar-refractivity contribution in [3.8, 4) is 12.3 Å². The molecular weight excluding hydrogens is 298 g/mol. The second kappa shape index (κ2) is 6.03. The second-order valence-electron chi connectivity index (χ2n) is 4.24. The van der Waals surface area contributed by atoms with Crippen molar-refractivity contribution in [3.63, 3.8) is 0 Å². The van der Waals surface area contributed by atoms with E-state index in [0.717, 1.165) is 0 Å². The van der Waals surface area contributed by atoms with Gasteiger partial charge >= 0.3 is 0 Å². The van der Waals surface area contributed by atoms with E-state index in [1.807, 2.05) is 6.92 Å². The first kappa shape index (κ1) is 14.7. The summed E-state index contributed by atoms with van der Waals surface area (Å²) < 4.78 is 1.55. The highest BCUT2D eigenvalue weighted by Gasteiger charge is 2.18. The van der Waals surface area contributed by atoms with E-state index < -0.39 is 5.60 Å². The molecule has 0 saturated heterocycles. The molecule has 98 valence electrons. The molecule has 18 heavy (non-hydrogen) atoms. The monoisotopic (exact) mass is 313 g/mol. The number of nitrogens with zero attached hydrogens (tertiary/aromatic N) is 2. The Balaban J connectivity index is 2.90. The minimum atomic E-state index is -0.826. The Labute approximate surface area is 114 Å². The third-order valence-electron chi connectivity index (χ3n) is 2.65. The summed E-state index contributed by atoms with van der Waals surface area (Å²) in [7, 11) is 0. The summed E-state index contributed by atoms with van der Waals surface area (Å²) in [6.07, 6.45) is 7.26. The molecule has 1 aromatic heterocycles. The number of aromatic nitrogens is 2. The third-order valence-corrected chi connectivity index (χ3v) is 3.41. The van der Waals surface area contributed by atoms with Crippen LogP contribution in [0.25, 0.3) is 0 Å². The van der Waals surface area contributed by atoms with Gasteiger partial charge in [-0.3, -0.25) is 4.79 Å². The third kappa shape index (κ3) is 3.59. The van der Waals surface area contributed by atoms with Crippen molar-refractivity contribution in [1.82, 2.24) is 9.78 Å². The Hall–Kier alpha value is -1.32. The maximum absolute atomic E-state index is 11.8. The van der Waals surface area contributed by atoms with E-state index in [1.54, 1.807) is 6.92 Å². The first-order chi connectivity index (χ1) is 8.41. The van der Waals surface area contributed by atoms with E-state index in [-0.39, 0.29) is 12.1 Å². The van der Waals surface area contributed by atoms with Gasteiger partial charge in [-0.15, -0.1) is 6.42 Å². The van der Waals surface area contributed by atoms with Crippen molar-refractivity contribution in [2.45, 2.75) is 32.4 Å². The SMILES string of the molecule is C#CCn1ncc(NCC(C)(O)CC)c(Br)c1=O. The quantitative estimate of drug-likeness (QED) is 0.802. The van der Waals surface area contributed by atoms with Crippen molar-refractivity contribution in [1.29, 1.82) is 0 Å². The van der Waals surface area contributed by atoms with E-state index >= 15 is 0 Å². The van der Waals surface area contributed by atoms with Crippen molar-refractivity contribution < 1.29 is 5.11 Å². The molecule has 0 aliphatic carbocycles. The van der Waals surface area contributed by atoms with Gasteiger partial charge in [0, 0.05) is 6.54 Å². The van der Waals surface area contributed by atoms with Gasteiger partial charge < -0.3 is 10.4 Å². The molecule has 1 atom stereocenters. The smallest absolute Gasteiger partial charge is 0.284 e. The van der Waals surface area contributed by atoms with Gasteiger partial charge in [0.05, 0.1) is 17.5 Å². The minimum absolute atomic E-state index is 0.129. The van der Waals surface area contributed by atoms with Crippen LogP contribution in [-0.4, -0.2) is 27.0 Å². The molecule has 1 rings (SSSR count). The number of halogens is 1. The van der Waals surface area contributed by atoms with Crippen molar-refractivity contribution in [2.75, 3.05) is 11.9 Å². The predicted octanol–water partition coefficient (Wildman–Crippen LogP) is 1.21. The van der Waals surface area contributed by atoms with E-state index in [9.17, 15) is 9.90 Å². The molecule has 0 amide bonds. The summed E-state index contributed by atoms with van der Waals surface area (Å²) >= 11 is 3.20. The zero-order chi connectivity index (χ0) is 13.8. The molecule has 2 N–H and O–H groups in total. The van der Waals surface area contributed by atoms with Crippen LogP contribution in [0.5, 0.6) is 0 Å². The van der Waals surface area contributed by atoms with Crippen LogP contribution in [-0.2, 0) is 6.54 Å². The molecule has 5 nitrogen and oxygen atoms in total. The van der Waals surface area contributed by atoms with Crippen LogP contribution in [0.15, 0.2) is 15.5 Å². The van der Waals surface area contributed by atoms with Gasteiger partial charge in [0.15, 0.2) is 0 Å². The fourth-order valence-electron chi connectivity index (χ4n) is 1.20. The lowest BCUT2D eigenvalue weighted by molar-refractivity contribution is 0.0697. The molecule has 0 fully saturated rings. The summed E-state index contributed by atoms with van der Waals surface area (Å²) in [6, 6.07) is 0. The lowest BCUT2D eigenvalue weighted by Gasteiger charge is -2.22. The fraction of sp³-hybridized carbons (Fsp3) is 0.500. The predicted molar refractivity (Wildman–Crippen MR) is 74.4 cm³/mol. The van der Waals surface area contributed by atoms with Crippen LogP contribution in [0.4, 0.5) is 5.69 Å². The van der Waals surface area contributed by atoms with Crippen LogP contribution in [0.1, 0.15) is 20.3 Å². The van der Waals surface area contributed by atoms with Gasteiger partial charge in [0.1, 0.15) is 11.0 Å². The topological polar surface area (TPSA) is 67.2 Å². The van der Waals surface area contributed by atoms with Crippen LogP contribution in [0.2, 0.25) is 0 Å². The summed E-state index contributed by atoms with van der Waals surface area (Å²) in [4.78, 5) is 11.8. The number of hydrogen-bond donors (Lipinski definition) is 2. The molecule has 0 aliphatic heterocycles. The first-order valence-electron chi connectivity index (χ1n) is 5.56. The van der Waals surface area contributed by atoms with Gasteiger partial charge in [-0.25, -0.2) is 4.68 Å². The van der Waals surface area contributed by atoms with Gasteiger partial charge in [-0.2, -0.15) is 5.10 Å². The van der Waals surface area contributed by atoms with Gasteiger partial charge in [0.25, 0.3) is 5.56 Å². The summed E-state index contributed by atoms with van der Waals surface area (Å²) in [5, 5.41) is 16.8. The normalized spacial score (nSPS) is 13.7. The van der Waals surface area contributed by atoms with Crippen molar-refractivity contribution >= 4 is 21.6 Å². The summed E-state index contributed by atoms with van der Waals surface area (Å²) in [5.74, 6) is 2.36. The van der Waals surface area contributed by atoms with E-state index in [1.165, 1.54) is 10.9 Å². The maximum Gasteiger partial charge on any atom is 0.284 e. The average Bonchev–Trinajstić information content (AvgIpc) is 2.34. The van der Waals surface area contributed by atoms with E-state index in [4.69, 9.17) is 6.42 Å². The van der Waals surface area contributed by atoms with E-state index in [2.05, 4.69) is 32.3 Å². The Morgan fingerprint density at radius 1 is 1.72 bits per heavy atom. The summed E-state index contributed by atoms with van der Waals surface area (Å²) in [5.41, 5.74) is -0.580. The number of terminal acetylenes is 1. The standard InChI is InChI=1S/C12H16BrN3O2/c1-4-6-16-11(17)10(13)9(7-15-16)14-8-12(3,18)5-2/h1,7,14,18H,5-6,8H2,2-3H3. The van der Waals surface area contributed by atoms with Crippen LogP contribution in [0, 0.1) is 12.3 Å². The molecule has 0 spiro atoms. The lowest BCUT2D eigenvalue weighted by atomic mass is 10.0. The van der Waals surface area contributed by atoms with Crippen molar-refractivity contribution in [3.05, 3.63) is 21.0 Å². The maximum atomic E-state index is 11.8. The molecule has 1 heterocycles. The molecule has 0 radical (unpaired) electrons. The summed E-state index contributed by atoms with van der Waals surface area (Å²) in [6.45, 7) is 4.08. The van der Waals surface area contributed by atoms with Crippen molar-refractivity contribution in [2.24, 2.45) is 0 Å². The minimum Gasteiger partial charge on any atom is -0.388 e. The highest BCUT2D eigenvalue weighted by atomic mass is 79.9. The molecular formula is C12H16BrN3O2. The number of hydrogen-bond acceptors (Lipinski definition) is 4. The molecule has 1 aromatic rings. The van der Waals surface area contributed by atoms with Crippen LogP contribution >= 0.6 is 15.9 Å². The number of anilines is 1. The molecule has 0 saturated carbocycles. The van der Waals surface area contributed by atoms with Crippen LogP contribution < -0.4 is 10.9 Å². The number of aliphatic hydroxyl groups is 1. The zero-order valence-electron chi connectivity index (χ0n) is 10.4. The molecule has 1 unspecified atom stereocenters. The Morgan fingerprint density at radius 2 is 2.39 bits per heavy atom. The van der Waals surface area contributed by atoms with Gasteiger partial charge in [-0.1, -0.05) is 12.8 Å². The largest absolute Gasteiger partial charge is 0.388 e. The second-order valence-corrected chi connectivity index (χ2v) is 5.04. The molecule has 0 aromatic carbocycles. The molecule has 0 bridgehead atoms.